The molecule has 0 fully saturated rings. The third kappa shape index (κ3) is 2.94. The van der Waals surface area contributed by atoms with Crippen LogP contribution in [-0.2, 0) is 24.8 Å². The number of carbonyl (C=O) groups excluding carboxylic acids is 1. The summed E-state index contributed by atoms with van der Waals surface area (Å²) in [5, 5.41) is 11.7. The van der Waals surface area contributed by atoms with E-state index in [9.17, 15) is 4.79 Å². The molecule has 0 unspecified atom stereocenters. The molecule has 0 atom stereocenters. The molecule has 0 saturated heterocycles. The quantitative estimate of drug-likeness (QED) is 0.737. The summed E-state index contributed by atoms with van der Waals surface area (Å²) >= 11 is 1.32. The molecule has 2 N–H and O–H groups in total. The van der Waals surface area contributed by atoms with Gasteiger partial charge in [-0.15, -0.1) is 5.10 Å². The van der Waals surface area contributed by atoms with Gasteiger partial charge in [0.2, 0.25) is 17.0 Å². The Morgan fingerprint density at radius 2 is 2.38 bits per heavy atom. The molecule has 0 aliphatic carbocycles. The fourth-order valence-electron chi connectivity index (χ4n) is 2.09. The molecule has 1 aliphatic heterocycles. The SMILES string of the molecule is Cn1nnnc1SCC(=O)N1CCc2cnc(N)nc2C1. The Morgan fingerprint density at radius 1 is 1.52 bits per heavy atom. The first-order valence-electron chi connectivity index (χ1n) is 6.36. The van der Waals surface area contributed by atoms with Crippen LogP contribution in [0.25, 0.3) is 0 Å². The maximum Gasteiger partial charge on any atom is 0.233 e. The van der Waals surface area contributed by atoms with Crippen molar-refractivity contribution in [3.63, 3.8) is 0 Å². The minimum Gasteiger partial charge on any atom is -0.368 e. The van der Waals surface area contributed by atoms with E-state index in [4.69, 9.17) is 5.73 Å². The molecule has 0 saturated carbocycles. The molecule has 9 nitrogen and oxygen atoms in total. The number of carbonyl (C=O) groups is 1. The Labute approximate surface area is 124 Å². The number of anilines is 1. The molecule has 0 spiro atoms. The van der Waals surface area contributed by atoms with Crippen molar-refractivity contribution in [2.75, 3.05) is 18.0 Å². The van der Waals surface area contributed by atoms with Gasteiger partial charge in [0, 0.05) is 19.8 Å². The van der Waals surface area contributed by atoms with Gasteiger partial charge >= 0.3 is 0 Å². The first kappa shape index (κ1) is 13.7. The van der Waals surface area contributed by atoms with Crippen LogP contribution in [0.5, 0.6) is 0 Å². The zero-order valence-corrected chi connectivity index (χ0v) is 12.2. The van der Waals surface area contributed by atoms with Crippen molar-refractivity contribution in [3.05, 3.63) is 17.5 Å². The van der Waals surface area contributed by atoms with E-state index in [0.29, 0.717) is 24.0 Å². The van der Waals surface area contributed by atoms with Crippen molar-refractivity contribution < 1.29 is 4.79 Å². The summed E-state index contributed by atoms with van der Waals surface area (Å²) < 4.78 is 1.54. The molecule has 0 aromatic carbocycles. The van der Waals surface area contributed by atoms with Gasteiger partial charge in [-0.3, -0.25) is 4.79 Å². The highest BCUT2D eigenvalue weighted by Crippen LogP contribution is 2.19. The molecule has 21 heavy (non-hydrogen) atoms. The standard InChI is InChI=1S/C11H14N8OS/c1-18-11(15-16-17-18)21-6-9(20)19-3-2-7-4-13-10(12)14-8(7)5-19/h4H,2-3,5-6H2,1H3,(H2,12,13,14). The molecule has 0 radical (unpaired) electrons. The summed E-state index contributed by atoms with van der Waals surface area (Å²) in [6, 6.07) is 0. The van der Waals surface area contributed by atoms with Crippen LogP contribution >= 0.6 is 11.8 Å². The smallest absolute Gasteiger partial charge is 0.233 e. The molecule has 2 aromatic rings. The number of nitrogens with zero attached hydrogens (tertiary/aromatic N) is 7. The van der Waals surface area contributed by atoms with E-state index < -0.39 is 0 Å². The van der Waals surface area contributed by atoms with E-state index in [1.807, 2.05) is 0 Å². The van der Waals surface area contributed by atoms with Gasteiger partial charge in [-0.25, -0.2) is 14.6 Å². The van der Waals surface area contributed by atoms with Gasteiger partial charge in [0.25, 0.3) is 0 Å². The van der Waals surface area contributed by atoms with E-state index in [2.05, 4.69) is 25.5 Å². The van der Waals surface area contributed by atoms with Crippen molar-refractivity contribution >= 4 is 23.6 Å². The maximum absolute atomic E-state index is 12.3. The minimum atomic E-state index is 0.0332. The van der Waals surface area contributed by atoms with E-state index >= 15 is 0 Å². The summed E-state index contributed by atoms with van der Waals surface area (Å²) in [5.41, 5.74) is 7.47. The molecular formula is C11H14N8OS. The molecule has 1 amide bonds. The first-order chi connectivity index (χ1) is 10.1. The molecule has 1 aliphatic rings. The van der Waals surface area contributed by atoms with Crippen LogP contribution < -0.4 is 5.73 Å². The number of nitrogens with two attached hydrogens (primary N) is 1. The van der Waals surface area contributed by atoms with E-state index in [1.54, 1.807) is 18.1 Å². The third-order valence-electron chi connectivity index (χ3n) is 3.22. The predicted molar refractivity (Wildman–Crippen MR) is 75.1 cm³/mol. The normalized spacial score (nSPS) is 14.0. The third-order valence-corrected chi connectivity index (χ3v) is 4.22. The number of aromatic nitrogens is 6. The average molecular weight is 306 g/mol. The number of rotatable bonds is 3. The van der Waals surface area contributed by atoms with E-state index in [-0.39, 0.29) is 11.9 Å². The largest absolute Gasteiger partial charge is 0.368 e. The van der Waals surface area contributed by atoms with Crippen molar-refractivity contribution in [3.8, 4) is 0 Å². The highest BCUT2D eigenvalue weighted by Gasteiger charge is 2.22. The van der Waals surface area contributed by atoms with E-state index in [0.717, 1.165) is 17.7 Å². The van der Waals surface area contributed by atoms with Crippen molar-refractivity contribution in [2.45, 2.75) is 18.1 Å². The fourth-order valence-corrected chi connectivity index (χ4v) is 2.85. The van der Waals surface area contributed by atoms with Crippen LogP contribution in [0.15, 0.2) is 11.4 Å². The lowest BCUT2D eigenvalue weighted by molar-refractivity contribution is -0.129. The topological polar surface area (TPSA) is 116 Å². The Morgan fingerprint density at radius 3 is 3.14 bits per heavy atom. The zero-order chi connectivity index (χ0) is 14.8. The van der Waals surface area contributed by atoms with Gasteiger partial charge in [0.1, 0.15) is 0 Å². The van der Waals surface area contributed by atoms with Gasteiger partial charge in [0.15, 0.2) is 0 Å². The Hall–Kier alpha value is -2.23. The van der Waals surface area contributed by atoms with Crippen LogP contribution in [0.4, 0.5) is 5.95 Å². The second-order valence-corrected chi connectivity index (χ2v) is 5.58. The summed E-state index contributed by atoms with van der Waals surface area (Å²) in [7, 11) is 1.74. The second-order valence-electron chi connectivity index (χ2n) is 4.64. The number of thioether (sulfide) groups is 1. The average Bonchev–Trinajstić information content (AvgIpc) is 2.89. The highest BCUT2D eigenvalue weighted by atomic mass is 32.2. The number of fused-ring (bicyclic) bond motifs is 1. The minimum absolute atomic E-state index is 0.0332. The van der Waals surface area contributed by atoms with Gasteiger partial charge in [-0.1, -0.05) is 11.8 Å². The highest BCUT2D eigenvalue weighted by molar-refractivity contribution is 7.99. The first-order valence-corrected chi connectivity index (χ1v) is 7.35. The summed E-state index contributed by atoms with van der Waals surface area (Å²) in [4.78, 5) is 22.2. The molecule has 110 valence electrons. The number of aryl methyl sites for hydroxylation is 1. The van der Waals surface area contributed by atoms with Crippen molar-refractivity contribution in [2.24, 2.45) is 7.05 Å². The zero-order valence-electron chi connectivity index (χ0n) is 11.4. The van der Waals surface area contributed by atoms with Crippen molar-refractivity contribution in [1.82, 2.24) is 35.1 Å². The Kier molecular flexibility index (Phi) is 3.69. The molecular weight excluding hydrogens is 292 g/mol. The lowest BCUT2D eigenvalue weighted by Crippen LogP contribution is -2.37. The predicted octanol–water partition coefficient (Wildman–Crippen LogP) is -0.741. The van der Waals surface area contributed by atoms with Gasteiger partial charge in [-0.05, 0) is 22.4 Å². The van der Waals surface area contributed by atoms with Crippen LogP contribution in [0, 0.1) is 0 Å². The molecule has 0 bridgehead atoms. The van der Waals surface area contributed by atoms with Crippen molar-refractivity contribution in [1.29, 1.82) is 0 Å². The molecule has 3 rings (SSSR count). The van der Waals surface area contributed by atoms with Gasteiger partial charge in [-0.2, -0.15) is 0 Å². The maximum atomic E-state index is 12.3. The summed E-state index contributed by atoms with van der Waals surface area (Å²) in [6.07, 6.45) is 2.48. The lowest BCUT2D eigenvalue weighted by atomic mass is 10.1. The van der Waals surface area contributed by atoms with Gasteiger partial charge in [0.05, 0.1) is 18.0 Å². The van der Waals surface area contributed by atoms with Crippen LogP contribution in [0.1, 0.15) is 11.3 Å². The van der Waals surface area contributed by atoms with E-state index in [1.165, 1.54) is 16.4 Å². The summed E-state index contributed by atoms with van der Waals surface area (Å²) in [5.74, 6) is 0.567. The number of nitrogen functional groups attached to an aromatic ring is 1. The molecule has 10 heteroatoms. The van der Waals surface area contributed by atoms with Crippen LogP contribution in [-0.4, -0.2) is 53.3 Å². The Bertz CT molecular complexity index is 672. The van der Waals surface area contributed by atoms with Gasteiger partial charge < -0.3 is 10.6 Å². The molecule has 3 heterocycles. The second kappa shape index (κ2) is 5.64. The lowest BCUT2D eigenvalue weighted by Gasteiger charge is -2.27. The van der Waals surface area contributed by atoms with Crippen LogP contribution in [0.2, 0.25) is 0 Å². The number of tetrazole rings is 1. The Balaban J connectivity index is 1.63. The number of hydrogen-bond acceptors (Lipinski definition) is 8. The van der Waals surface area contributed by atoms with Crippen LogP contribution in [0.3, 0.4) is 0 Å². The monoisotopic (exact) mass is 306 g/mol. The number of amides is 1. The number of hydrogen-bond donors (Lipinski definition) is 1. The fraction of sp³-hybridized carbons (Fsp3) is 0.455. The molecule has 2 aromatic heterocycles. The summed E-state index contributed by atoms with van der Waals surface area (Å²) in [6.45, 7) is 1.13.